The standard InChI is InChI=1S/C9H10N2O/c1-12-8-4-2-7(3-5-8)9(11)6-10/h2-5,9H,11H2,1H3/t9-/m0/s1. The van der Waals surface area contributed by atoms with E-state index in [1.54, 1.807) is 31.4 Å². The zero-order chi connectivity index (χ0) is 8.97. The van der Waals surface area contributed by atoms with Gasteiger partial charge < -0.3 is 10.5 Å². The van der Waals surface area contributed by atoms with Crippen molar-refractivity contribution >= 4 is 0 Å². The van der Waals surface area contributed by atoms with E-state index >= 15 is 0 Å². The van der Waals surface area contributed by atoms with E-state index in [2.05, 4.69) is 0 Å². The van der Waals surface area contributed by atoms with Gasteiger partial charge in [0, 0.05) is 0 Å². The van der Waals surface area contributed by atoms with Crippen molar-refractivity contribution in [1.82, 2.24) is 0 Å². The minimum absolute atomic E-state index is 0.545. The molecule has 0 aliphatic heterocycles. The van der Waals surface area contributed by atoms with Crippen molar-refractivity contribution in [3.63, 3.8) is 0 Å². The predicted molar refractivity (Wildman–Crippen MR) is 45.5 cm³/mol. The molecule has 1 aromatic carbocycles. The van der Waals surface area contributed by atoms with Crippen LogP contribution in [-0.4, -0.2) is 7.11 Å². The Morgan fingerprint density at radius 1 is 1.42 bits per heavy atom. The lowest BCUT2D eigenvalue weighted by atomic mass is 10.1. The van der Waals surface area contributed by atoms with E-state index in [-0.39, 0.29) is 0 Å². The van der Waals surface area contributed by atoms with Gasteiger partial charge in [-0.05, 0) is 17.7 Å². The van der Waals surface area contributed by atoms with Crippen LogP contribution in [0.25, 0.3) is 0 Å². The van der Waals surface area contributed by atoms with Gasteiger partial charge in [-0.25, -0.2) is 0 Å². The first-order chi connectivity index (χ1) is 5.77. The van der Waals surface area contributed by atoms with Gasteiger partial charge >= 0.3 is 0 Å². The first-order valence-electron chi connectivity index (χ1n) is 3.57. The fourth-order valence-corrected chi connectivity index (χ4v) is 0.886. The molecule has 0 amide bonds. The van der Waals surface area contributed by atoms with Gasteiger partial charge in [-0.1, -0.05) is 12.1 Å². The van der Waals surface area contributed by atoms with Gasteiger partial charge in [0.15, 0.2) is 0 Å². The molecule has 0 radical (unpaired) electrons. The third kappa shape index (κ3) is 1.74. The molecule has 62 valence electrons. The van der Waals surface area contributed by atoms with E-state index in [0.717, 1.165) is 11.3 Å². The lowest BCUT2D eigenvalue weighted by Gasteiger charge is -2.03. The molecule has 0 spiro atoms. The van der Waals surface area contributed by atoms with Gasteiger partial charge in [-0.15, -0.1) is 0 Å². The maximum absolute atomic E-state index is 8.51. The number of benzene rings is 1. The monoisotopic (exact) mass is 162 g/mol. The van der Waals surface area contributed by atoms with E-state index in [0.29, 0.717) is 0 Å². The van der Waals surface area contributed by atoms with Gasteiger partial charge in [0.25, 0.3) is 0 Å². The van der Waals surface area contributed by atoms with Crippen molar-refractivity contribution in [3.8, 4) is 11.8 Å². The maximum atomic E-state index is 8.51. The minimum atomic E-state index is -0.545. The zero-order valence-electron chi connectivity index (χ0n) is 6.82. The summed E-state index contributed by atoms with van der Waals surface area (Å²) < 4.78 is 4.96. The average molecular weight is 162 g/mol. The summed E-state index contributed by atoms with van der Waals surface area (Å²) in [6, 6.07) is 8.55. The maximum Gasteiger partial charge on any atom is 0.118 e. The summed E-state index contributed by atoms with van der Waals surface area (Å²) in [4.78, 5) is 0. The van der Waals surface area contributed by atoms with Crippen LogP contribution in [0.3, 0.4) is 0 Å². The number of rotatable bonds is 2. The molecule has 0 aliphatic carbocycles. The first kappa shape index (κ1) is 8.57. The Kier molecular flexibility index (Phi) is 2.67. The van der Waals surface area contributed by atoms with Crippen molar-refractivity contribution in [3.05, 3.63) is 29.8 Å². The molecule has 0 heterocycles. The normalized spacial score (nSPS) is 11.8. The second kappa shape index (κ2) is 3.74. The van der Waals surface area contributed by atoms with Gasteiger partial charge in [0.1, 0.15) is 11.8 Å². The minimum Gasteiger partial charge on any atom is -0.497 e. The summed E-state index contributed by atoms with van der Waals surface area (Å²) in [5.41, 5.74) is 6.29. The number of nitriles is 1. The smallest absolute Gasteiger partial charge is 0.118 e. The predicted octanol–water partition coefficient (Wildman–Crippen LogP) is 1.22. The van der Waals surface area contributed by atoms with E-state index < -0.39 is 6.04 Å². The van der Waals surface area contributed by atoms with Gasteiger partial charge in [-0.3, -0.25) is 0 Å². The average Bonchev–Trinajstić information content (AvgIpc) is 2.17. The Labute approximate surface area is 71.4 Å². The van der Waals surface area contributed by atoms with Gasteiger partial charge in [0.05, 0.1) is 13.2 Å². The molecule has 1 aromatic rings. The second-order valence-electron chi connectivity index (χ2n) is 2.38. The Bertz CT molecular complexity index is 286. The highest BCUT2D eigenvalue weighted by Gasteiger charge is 2.02. The number of nitrogens with zero attached hydrogens (tertiary/aromatic N) is 1. The lowest BCUT2D eigenvalue weighted by Crippen LogP contribution is -2.06. The van der Waals surface area contributed by atoms with Crippen LogP contribution >= 0.6 is 0 Å². The summed E-state index contributed by atoms with van der Waals surface area (Å²) in [7, 11) is 1.60. The molecule has 0 saturated heterocycles. The number of hydrogen-bond acceptors (Lipinski definition) is 3. The number of hydrogen-bond donors (Lipinski definition) is 1. The van der Waals surface area contributed by atoms with Crippen molar-refractivity contribution in [2.24, 2.45) is 5.73 Å². The third-order valence-electron chi connectivity index (χ3n) is 1.61. The highest BCUT2D eigenvalue weighted by atomic mass is 16.5. The van der Waals surface area contributed by atoms with E-state index in [1.165, 1.54) is 0 Å². The summed E-state index contributed by atoms with van der Waals surface area (Å²) in [6.45, 7) is 0. The quantitative estimate of drug-likeness (QED) is 0.711. The molecule has 0 aliphatic rings. The molecule has 0 saturated carbocycles. The van der Waals surface area contributed by atoms with Crippen LogP contribution in [0, 0.1) is 11.3 Å². The van der Waals surface area contributed by atoms with Crippen molar-refractivity contribution < 1.29 is 4.74 Å². The topological polar surface area (TPSA) is 59.0 Å². The fourth-order valence-electron chi connectivity index (χ4n) is 0.886. The largest absolute Gasteiger partial charge is 0.497 e. The molecule has 0 aromatic heterocycles. The van der Waals surface area contributed by atoms with E-state index in [1.807, 2.05) is 6.07 Å². The summed E-state index contributed by atoms with van der Waals surface area (Å²) in [6.07, 6.45) is 0. The molecule has 0 bridgehead atoms. The van der Waals surface area contributed by atoms with Crippen molar-refractivity contribution in [2.45, 2.75) is 6.04 Å². The van der Waals surface area contributed by atoms with Crippen LogP contribution < -0.4 is 10.5 Å². The molecule has 1 atom stereocenters. The Hall–Kier alpha value is -1.53. The highest BCUT2D eigenvalue weighted by molar-refractivity contribution is 5.31. The number of ether oxygens (including phenoxy) is 1. The Balaban J connectivity index is 2.86. The molecular formula is C9H10N2O. The summed E-state index contributed by atoms with van der Waals surface area (Å²) in [5, 5.41) is 8.51. The Morgan fingerprint density at radius 3 is 2.42 bits per heavy atom. The first-order valence-corrected chi connectivity index (χ1v) is 3.57. The number of methoxy groups -OCH3 is 1. The molecular weight excluding hydrogens is 152 g/mol. The molecule has 12 heavy (non-hydrogen) atoms. The highest BCUT2D eigenvalue weighted by Crippen LogP contribution is 2.14. The lowest BCUT2D eigenvalue weighted by molar-refractivity contribution is 0.414. The fraction of sp³-hybridized carbons (Fsp3) is 0.222. The zero-order valence-corrected chi connectivity index (χ0v) is 6.82. The SMILES string of the molecule is COc1ccc([C@@H](N)C#N)cc1. The summed E-state index contributed by atoms with van der Waals surface area (Å²) in [5.74, 6) is 0.767. The van der Waals surface area contributed by atoms with E-state index in [9.17, 15) is 0 Å². The molecule has 2 N–H and O–H groups in total. The van der Waals surface area contributed by atoms with Crippen molar-refractivity contribution in [2.75, 3.05) is 7.11 Å². The van der Waals surface area contributed by atoms with Crippen LogP contribution in [0.5, 0.6) is 5.75 Å². The van der Waals surface area contributed by atoms with Crippen LogP contribution in [0.4, 0.5) is 0 Å². The Morgan fingerprint density at radius 2 is 2.00 bits per heavy atom. The molecule has 0 unspecified atom stereocenters. The van der Waals surface area contributed by atoms with Gasteiger partial charge in [0.2, 0.25) is 0 Å². The van der Waals surface area contributed by atoms with Gasteiger partial charge in [-0.2, -0.15) is 5.26 Å². The van der Waals surface area contributed by atoms with Crippen LogP contribution in [0.15, 0.2) is 24.3 Å². The van der Waals surface area contributed by atoms with E-state index in [4.69, 9.17) is 15.7 Å². The van der Waals surface area contributed by atoms with Crippen LogP contribution in [0.1, 0.15) is 11.6 Å². The molecule has 0 fully saturated rings. The molecule has 1 rings (SSSR count). The number of nitrogens with two attached hydrogens (primary N) is 1. The summed E-state index contributed by atoms with van der Waals surface area (Å²) >= 11 is 0. The van der Waals surface area contributed by atoms with Crippen LogP contribution in [-0.2, 0) is 0 Å². The van der Waals surface area contributed by atoms with Crippen LogP contribution in [0.2, 0.25) is 0 Å². The van der Waals surface area contributed by atoms with Crippen molar-refractivity contribution in [1.29, 1.82) is 5.26 Å². The third-order valence-corrected chi connectivity index (χ3v) is 1.61. The second-order valence-corrected chi connectivity index (χ2v) is 2.38. The molecule has 3 heteroatoms. The molecule has 3 nitrogen and oxygen atoms in total.